The van der Waals surface area contributed by atoms with Crippen molar-refractivity contribution in [3.8, 4) is 0 Å². The summed E-state index contributed by atoms with van der Waals surface area (Å²) >= 11 is 0. The van der Waals surface area contributed by atoms with E-state index in [0.29, 0.717) is 12.5 Å². The fourth-order valence-corrected chi connectivity index (χ4v) is 6.15. The molecule has 2 fully saturated rings. The molecule has 1 aliphatic carbocycles. The summed E-state index contributed by atoms with van der Waals surface area (Å²) in [5, 5.41) is 0. The molecule has 0 unspecified atom stereocenters. The zero-order valence-corrected chi connectivity index (χ0v) is 17.7. The first-order valence-corrected chi connectivity index (χ1v) is 11.6. The predicted molar refractivity (Wildman–Crippen MR) is 115 cm³/mol. The number of aromatic nitrogens is 1. The van der Waals surface area contributed by atoms with Gasteiger partial charge in [0.25, 0.3) is 0 Å². The first-order chi connectivity index (χ1) is 14.7. The van der Waals surface area contributed by atoms with Crippen molar-refractivity contribution in [2.45, 2.75) is 74.7 Å². The molecule has 2 saturated heterocycles. The second kappa shape index (κ2) is 8.39. The van der Waals surface area contributed by atoms with E-state index in [4.69, 9.17) is 9.47 Å². The third-order valence-corrected chi connectivity index (χ3v) is 7.69. The fourth-order valence-electron chi connectivity index (χ4n) is 6.15. The van der Waals surface area contributed by atoms with Gasteiger partial charge in [0.1, 0.15) is 5.82 Å². The van der Waals surface area contributed by atoms with Crippen LogP contribution in [0.2, 0.25) is 0 Å². The summed E-state index contributed by atoms with van der Waals surface area (Å²) in [7, 11) is 0. The lowest BCUT2D eigenvalue weighted by atomic mass is 9.67. The summed E-state index contributed by atoms with van der Waals surface area (Å²) in [6.45, 7) is 2.17. The predicted octanol–water partition coefficient (Wildman–Crippen LogP) is 5.72. The minimum atomic E-state index is -0.265. The molecule has 5 rings (SSSR count). The van der Waals surface area contributed by atoms with Crippen LogP contribution in [0.4, 0.5) is 4.39 Å². The molecule has 1 aromatic carbocycles. The second-order valence-electron chi connectivity index (χ2n) is 9.58. The van der Waals surface area contributed by atoms with Gasteiger partial charge in [-0.1, -0.05) is 30.7 Å². The molecule has 30 heavy (non-hydrogen) atoms. The molecule has 160 valence electrons. The van der Waals surface area contributed by atoms with E-state index in [9.17, 15) is 4.39 Å². The van der Waals surface area contributed by atoms with Crippen molar-refractivity contribution in [3.63, 3.8) is 0 Å². The summed E-state index contributed by atoms with van der Waals surface area (Å²) in [6.07, 6.45) is 11.5. The van der Waals surface area contributed by atoms with Crippen LogP contribution in [-0.2, 0) is 21.3 Å². The molecule has 4 heteroatoms. The van der Waals surface area contributed by atoms with Crippen molar-refractivity contribution in [2.75, 3.05) is 19.8 Å². The van der Waals surface area contributed by atoms with E-state index in [0.717, 1.165) is 51.0 Å². The quantitative estimate of drug-likeness (QED) is 0.633. The molecule has 1 aromatic heterocycles. The number of hydrogen-bond acceptors (Lipinski definition) is 3. The van der Waals surface area contributed by atoms with Gasteiger partial charge in [0.2, 0.25) is 0 Å². The van der Waals surface area contributed by atoms with Crippen LogP contribution in [0.1, 0.15) is 74.1 Å². The highest BCUT2D eigenvalue weighted by molar-refractivity contribution is 5.32. The zero-order valence-electron chi connectivity index (χ0n) is 17.7. The summed E-state index contributed by atoms with van der Waals surface area (Å²) in [6, 6.07) is 12.4. The van der Waals surface area contributed by atoms with Gasteiger partial charge in [-0.2, -0.15) is 0 Å². The van der Waals surface area contributed by atoms with E-state index in [-0.39, 0.29) is 16.8 Å². The number of aryl methyl sites for hydroxylation is 1. The van der Waals surface area contributed by atoms with Gasteiger partial charge in [-0.05, 0) is 74.1 Å². The lowest BCUT2D eigenvalue weighted by molar-refractivity contribution is -0.109. The number of benzene rings is 1. The molecule has 3 heterocycles. The smallest absolute Gasteiger partial charge is 0.141 e. The first kappa shape index (κ1) is 20.1. The van der Waals surface area contributed by atoms with Crippen molar-refractivity contribution in [3.05, 3.63) is 65.2 Å². The number of ether oxygens (including phenoxy) is 2. The van der Waals surface area contributed by atoms with Gasteiger partial charge in [0.05, 0.1) is 18.4 Å². The minimum absolute atomic E-state index is 0.0478. The van der Waals surface area contributed by atoms with Gasteiger partial charge in [-0.3, -0.25) is 4.98 Å². The van der Waals surface area contributed by atoms with Crippen molar-refractivity contribution in [1.29, 1.82) is 0 Å². The number of pyridine rings is 1. The Morgan fingerprint density at radius 2 is 2.03 bits per heavy atom. The molecule has 2 aromatic rings. The number of fused-ring (bicyclic) bond motifs is 1. The van der Waals surface area contributed by atoms with Gasteiger partial charge in [0.15, 0.2) is 0 Å². The lowest BCUT2D eigenvalue weighted by Crippen LogP contribution is -2.48. The van der Waals surface area contributed by atoms with Gasteiger partial charge < -0.3 is 9.47 Å². The summed E-state index contributed by atoms with van der Waals surface area (Å²) in [5.41, 5.74) is 3.89. The first-order valence-electron chi connectivity index (χ1n) is 11.6. The molecule has 0 bridgehead atoms. The molecule has 0 saturated carbocycles. The average molecular weight is 410 g/mol. The van der Waals surface area contributed by atoms with Crippen molar-refractivity contribution in [2.24, 2.45) is 0 Å². The SMILES string of the molecule is Fc1ccc([C@]2(CCC[C@H]3CCCc4ccccc43)CCO[C@]3(CCOC3)C2)nc1. The maximum Gasteiger partial charge on any atom is 0.141 e. The van der Waals surface area contributed by atoms with E-state index in [1.807, 2.05) is 6.07 Å². The van der Waals surface area contributed by atoms with E-state index >= 15 is 0 Å². The maximum absolute atomic E-state index is 13.6. The Labute approximate surface area is 179 Å². The van der Waals surface area contributed by atoms with Crippen LogP contribution in [0.15, 0.2) is 42.6 Å². The van der Waals surface area contributed by atoms with E-state index in [2.05, 4.69) is 29.2 Å². The highest BCUT2D eigenvalue weighted by Gasteiger charge is 2.49. The Balaban J connectivity index is 1.35. The fraction of sp³-hybridized carbons (Fsp3) is 0.577. The topological polar surface area (TPSA) is 31.4 Å². The highest BCUT2D eigenvalue weighted by Crippen LogP contribution is 2.48. The molecule has 2 aliphatic heterocycles. The molecule has 3 atom stereocenters. The monoisotopic (exact) mass is 409 g/mol. The van der Waals surface area contributed by atoms with E-state index in [1.54, 1.807) is 11.6 Å². The van der Waals surface area contributed by atoms with E-state index in [1.165, 1.54) is 37.4 Å². The third kappa shape index (κ3) is 3.92. The lowest BCUT2D eigenvalue weighted by Gasteiger charge is -2.46. The van der Waals surface area contributed by atoms with Crippen molar-refractivity contribution >= 4 is 0 Å². The molecule has 0 amide bonds. The number of hydrogen-bond donors (Lipinski definition) is 0. The number of rotatable bonds is 5. The Kier molecular flexibility index (Phi) is 5.63. The largest absolute Gasteiger partial charge is 0.378 e. The van der Waals surface area contributed by atoms with Gasteiger partial charge >= 0.3 is 0 Å². The van der Waals surface area contributed by atoms with Crippen LogP contribution in [0, 0.1) is 5.82 Å². The van der Waals surface area contributed by atoms with Crippen LogP contribution >= 0.6 is 0 Å². The van der Waals surface area contributed by atoms with Crippen molar-refractivity contribution < 1.29 is 13.9 Å². The summed E-state index contributed by atoms with van der Waals surface area (Å²) in [5.74, 6) is 0.399. The van der Waals surface area contributed by atoms with Crippen LogP contribution in [0.5, 0.6) is 0 Å². The molecule has 3 aliphatic rings. The second-order valence-corrected chi connectivity index (χ2v) is 9.58. The summed E-state index contributed by atoms with van der Waals surface area (Å²) in [4.78, 5) is 4.56. The Hall–Kier alpha value is -1.78. The standard InChI is InChI=1S/C26H32FNO2/c27-22-10-11-24(28-17-22)25(13-16-30-26(18-25)14-15-29-19-26)12-4-8-21-7-3-6-20-5-1-2-9-23(20)21/h1-2,5,9-11,17,21H,3-4,6-8,12-16,18-19H2/t21-,25-,26-/m1/s1. The molecular weight excluding hydrogens is 377 g/mol. The molecular formula is C26H32FNO2. The van der Waals surface area contributed by atoms with Gasteiger partial charge in [0, 0.05) is 30.7 Å². The molecule has 1 spiro atoms. The molecule has 3 nitrogen and oxygen atoms in total. The van der Waals surface area contributed by atoms with E-state index < -0.39 is 0 Å². The number of halogens is 1. The van der Waals surface area contributed by atoms with Gasteiger partial charge in [-0.15, -0.1) is 0 Å². The maximum atomic E-state index is 13.6. The van der Waals surface area contributed by atoms with Crippen LogP contribution in [-0.4, -0.2) is 30.4 Å². The van der Waals surface area contributed by atoms with Crippen LogP contribution in [0.3, 0.4) is 0 Å². The number of nitrogens with zero attached hydrogens (tertiary/aromatic N) is 1. The van der Waals surface area contributed by atoms with Crippen molar-refractivity contribution in [1.82, 2.24) is 4.98 Å². The Morgan fingerprint density at radius 3 is 2.87 bits per heavy atom. The Bertz CT molecular complexity index is 862. The van der Waals surface area contributed by atoms with Gasteiger partial charge in [-0.25, -0.2) is 4.39 Å². The van der Waals surface area contributed by atoms with Crippen LogP contribution < -0.4 is 0 Å². The molecule has 0 radical (unpaired) electrons. The van der Waals surface area contributed by atoms with Crippen LogP contribution in [0.25, 0.3) is 0 Å². The normalized spacial score (nSPS) is 31.0. The highest BCUT2D eigenvalue weighted by atomic mass is 19.1. The average Bonchev–Trinajstić information content (AvgIpc) is 3.21. The summed E-state index contributed by atoms with van der Waals surface area (Å²) < 4.78 is 25.6. The third-order valence-electron chi connectivity index (χ3n) is 7.69. The Morgan fingerprint density at radius 1 is 1.10 bits per heavy atom. The molecule has 0 N–H and O–H groups in total. The minimum Gasteiger partial charge on any atom is -0.378 e. The zero-order chi connectivity index (χ0) is 20.4.